The molecular formula is C18H19N3O2. The zero-order valence-corrected chi connectivity index (χ0v) is 13.2. The molecule has 5 heteroatoms. The normalized spacial score (nSPS) is 11.4. The molecule has 0 aliphatic heterocycles. The Balaban J connectivity index is 1.96. The standard InChI is InChI=1S/C18H19N3O2/c1-21(2)16-8-6-14(7-9-16)17(22)12-20-18(23)15-5-3-4-13(10-15)11-19/h3-10,17,22H,12H2,1-2H3,(H,20,23)/t17-/m1/s1. The van der Waals surface area contributed by atoms with Gasteiger partial charge in [-0.3, -0.25) is 4.79 Å². The van der Waals surface area contributed by atoms with E-state index in [-0.39, 0.29) is 12.5 Å². The molecule has 118 valence electrons. The van der Waals surface area contributed by atoms with Crippen molar-refractivity contribution in [2.45, 2.75) is 6.10 Å². The van der Waals surface area contributed by atoms with Crippen molar-refractivity contribution in [3.63, 3.8) is 0 Å². The van der Waals surface area contributed by atoms with E-state index in [4.69, 9.17) is 5.26 Å². The van der Waals surface area contributed by atoms with Gasteiger partial charge in [0, 0.05) is 31.9 Å². The van der Waals surface area contributed by atoms with Crippen LogP contribution in [-0.2, 0) is 0 Å². The Bertz CT molecular complexity index is 718. The summed E-state index contributed by atoms with van der Waals surface area (Å²) in [6, 6.07) is 15.9. The van der Waals surface area contributed by atoms with Gasteiger partial charge in [-0.25, -0.2) is 0 Å². The smallest absolute Gasteiger partial charge is 0.251 e. The Morgan fingerprint density at radius 2 is 1.96 bits per heavy atom. The van der Waals surface area contributed by atoms with Gasteiger partial charge in [-0.2, -0.15) is 5.26 Å². The number of hydrogen-bond donors (Lipinski definition) is 2. The maximum Gasteiger partial charge on any atom is 0.251 e. The van der Waals surface area contributed by atoms with E-state index >= 15 is 0 Å². The number of rotatable bonds is 5. The number of nitrogens with one attached hydrogen (secondary N) is 1. The van der Waals surface area contributed by atoms with Gasteiger partial charge in [0.15, 0.2) is 0 Å². The van der Waals surface area contributed by atoms with Gasteiger partial charge in [0.25, 0.3) is 5.91 Å². The lowest BCUT2D eigenvalue weighted by Crippen LogP contribution is -2.28. The van der Waals surface area contributed by atoms with Crippen molar-refractivity contribution in [3.8, 4) is 6.07 Å². The molecule has 0 aliphatic rings. The molecule has 0 saturated heterocycles. The van der Waals surface area contributed by atoms with Gasteiger partial charge in [-0.15, -0.1) is 0 Å². The topological polar surface area (TPSA) is 76.4 Å². The molecule has 1 atom stereocenters. The minimum atomic E-state index is -0.783. The fourth-order valence-electron chi connectivity index (χ4n) is 2.13. The number of hydrogen-bond acceptors (Lipinski definition) is 4. The van der Waals surface area contributed by atoms with Gasteiger partial charge in [0.05, 0.1) is 17.7 Å². The Hall–Kier alpha value is -2.84. The van der Waals surface area contributed by atoms with E-state index in [1.165, 1.54) is 6.07 Å². The molecular weight excluding hydrogens is 290 g/mol. The van der Waals surface area contributed by atoms with Crippen molar-refractivity contribution in [2.75, 3.05) is 25.5 Å². The van der Waals surface area contributed by atoms with Gasteiger partial charge in [0.1, 0.15) is 0 Å². The first-order valence-electron chi connectivity index (χ1n) is 7.25. The summed E-state index contributed by atoms with van der Waals surface area (Å²) in [6.07, 6.45) is -0.783. The third kappa shape index (κ3) is 4.31. The molecule has 1 amide bonds. The second-order valence-corrected chi connectivity index (χ2v) is 5.40. The highest BCUT2D eigenvalue weighted by Gasteiger charge is 2.11. The number of aliphatic hydroxyl groups is 1. The van der Waals surface area contributed by atoms with Gasteiger partial charge >= 0.3 is 0 Å². The van der Waals surface area contributed by atoms with Gasteiger partial charge < -0.3 is 15.3 Å². The van der Waals surface area contributed by atoms with Crippen LogP contribution in [-0.4, -0.2) is 31.7 Å². The number of amides is 1. The Morgan fingerprint density at radius 1 is 1.26 bits per heavy atom. The molecule has 23 heavy (non-hydrogen) atoms. The lowest BCUT2D eigenvalue weighted by molar-refractivity contribution is 0.0916. The van der Waals surface area contributed by atoms with Crippen LogP contribution < -0.4 is 10.2 Å². The number of aliphatic hydroxyl groups excluding tert-OH is 1. The summed E-state index contributed by atoms with van der Waals surface area (Å²) in [5, 5.41) is 21.7. The third-order valence-electron chi connectivity index (χ3n) is 3.50. The molecule has 2 rings (SSSR count). The molecule has 0 bridgehead atoms. The van der Waals surface area contributed by atoms with E-state index in [0.29, 0.717) is 11.1 Å². The SMILES string of the molecule is CN(C)c1ccc([C@H](O)CNC(=O)c2cccc(C#N)c2)cc1. The Morgan fingerprint density at radius 3 is 2.57 bits per heavy atom. The molecule has 2 aromatic carbocycles. The van der Waals surface area contributed by atoms with Crippen LogP contribution >= 0.6 is 0 Å². The first-order chi connectivity index (χ1) is 11.0. The number of nitrogens with zero attached hydrogens (tertiary/aromatic N) is 2. The molecule has 2 N–H and O–H groups in total. The molecule has 0 aromatic heterocycles. The lowest BCUT2D eigenvalue weighted by Gasteiger charge is -2.15. The molecule has 0 unspecified atom stereocenters. The second kappa shape index (κ2) is 7.43. The maximum atomic E-state index is 12.1. The number of carbonyl (C=O) groups excluding carboxylic acids is 1. The van der Waals surface area contributed by atoms with Gasteiger partial charge in [-0.05, 0) is 35.9 Å². The maximum absolute atomic E-state index is 12.1. The highest BCUT2D eigenvalue weighted by atomic mass is 16.3. The summed E-state index contributed by atoms with van der Waals surface area (Å²) in [4.78, 5) is 14.0. The third-order valence-corrected chi connectivity index (χ3v) is 3.50. The van der Waals surface area contributed by atoms with E-state index in [0.717, 1.165) is 11.3 Å². The van der Waals surface area contributed by atoms with Crippen LogP contribution in [0.15, 0.2) is 48.5 Å². The van der Waals surface area contributed by atoms with Crippen LogP contribution in [0.1, 0.15) is 27.6 Å². The van der Waals surface area contributed by atoms with Crippen LogP contribution in [0.5, 0.6) is 0 Å². The summed E-state index contributed by atoms with van der Waals surface area (Å²) in [6.45, 7) is 0.108. The minimum Gasteiger partial charge on any atom is -0.387 e. The summed E-state index contributed by atoms with van der Waals surface area (Å²) < 4.78 is 0. The molecule has 0 aliphatic carbocycles. The molecule has 0 radical (unpaired) electrons. The second-order valence-electron chi connectivity index (χ2n) is 5.40. The average molecular weight is 309 g/mol. The zero-order valence-electron chi connectivity index (χ0n) is 13.2. The predicted molar refractivity (Wildman–Crippen MR) is 89.2 cm³/mol. The van der Waals surface area contributed by atoms with E-state index < -0.39 is 6.10 Å². The molecule has 2 aromatic rings. The highest BCUT2D eigenvalue weighted by molar-refractivity contribution is 5.94. The van der Waals surface area contributed by atoms with Gasteiger partial charge in [-0.1, -0.05) is 18.2 Å². The Kier molecular flexibility index (Phi) is 5.34. The monoisotopic (exact) mass is 309 g/mol. The summed E-state index contributed by atoms with van der Waals surface area (Å²) in [5.41, 5.74) is 2.61. The zero-order chi connectivity index (χ0) is 16.8. The van der Waals surface area contributed by atoms with Gasteiger partial charge in [0.2, 0.25) is 0 Å². The van der Waals surface area contributed by atoms with E-state index in [9.17, 15) is 9.90 Å². The number of nitriles is 1. The lowest BCUT2D eigenvalue weighted by atomic mass is 10.1. The minimum absolute atomic E-state index is 0.108. The number of benzene rings is 2. The largest absolute Gasteiger partial charge is 0.387 e. The molecule has 0 spiro atoms. The summed E-state index contributed by atoms with van der Waals surface area (Å²) in [5.74, 6) is -0.314. The first-order valence-corrected chi connectivity index (χ1v) is 7.25. The van der Waals surface area contributed by atoms with Crippen LogP contribution in [0.4, 0.5) is 5.69 Å². The van der Waals surface area contributed by atoms with E-state index in [1.807, 2.05) is 49.3 Å². The van der Waals surface area contributed by atoms with Crippen LogP contribution in [0.2, 0.25) is 0 Å². The van der Waals surface area contributed by atoms with Crippen molar-refractivity contribution in [1.82, 2.24) is 5.32 Å². The van der Waals surface area contributed by atoms with E-state index in [1.54, 1.807) is 18.2 Å². The molecule has 0 saturated carbocycles. The first kappa shape index (κ1) is 16.5. The van der Waals surface area contributed by atoms with Crippen molar-refractivity contribution < 1.29 is 9.90 Å². The van der Waals surface area contributed by atoms with Crippen LogP contribution in [0, 0.1) is 11.3 Å². The highest BCUT2D eigenvalue weighted by Crippen LogP contribution is 2.17. The summed E-state index contributed by atoms with van der Waals surface area (Å²) in [7, 11) is 3.89. The van der Waals surface area contributed by atoms with E-state index in [2.05, 4.69) is 5.32 Å². The average Bonchev–Trinajstić information content (AvgIpc) is 2.59. The fraction of sp³-hybridized carbons (Fsp3) is 0.222. The number of anilines is 1. The molecule has 5 nitrogen and oxygen atoms in total. The van der Waals surface area contributed by atoms with Crippen molar-refractivity contribution in [3.05, 3.63) is 65.2 Å². The molecule has 0 heterocycles. The van der Waals surface area contributed by atoms with Crippen molar-refractivity contribution in [2.24, 2.45) is 0 Å². The molecule has 0 fully saturated rings. The summed E-state index contributed by atoms with van der Waals surface area (Å²) >= 11 is 0. The fourth-order valence-corrected chi connectivity index (χ4v) is 2.13. The van der Waals surface area contributed by atoms with Crippen molar-refractivity contribution in [1.29, 1.82) is 5.26 Å². The van der Waals surface area contributed by atoms with Crippen LogP contribution in [0.3, 0.4) is 0 Å². The predicted octanol–water partition coefficient (Wildman–Crippen LogP) is 2.09. The van der Waals surface area contributed by atoms with Crippen LogP contribution in [0.25, 0.3) is 0 Å². The van der Waals surface area contributed by atoms with Crippen molar-refractivity contribution >= 4 is 11.6 Å². The quantitative estimate of drug-likeness (QED) is 0.886. The Labute approximate surface area is 135 Å². The number of carbonyl (C=O) groups is 1.